The molecule has 2 heteroatoms. The Morgan fingerprint density at radius 3 is 1.08 bits per heavy atom. The molecule has 0 spiro atoms. The van der Waals surface area contributed by atoms with Crippen LogP contribution < -0.4 is 9.80 Å². The van der Waals surface area contributed by atoms with Gasteiger partial charge in [0.1, 0.15) is 0 Å². The van der Waals surface area contributed by atoms with Gasteiger partial charge in [0.05, 0.1) is 0 Å². The number of aryl methyl sites for hydroxylation is 4. The molecule has 0 atom stereocenters. The van der Waals surface area contributed by atoms with E-state index in [0.29, 0.717) is 0 Å². The van der Waals surface area contributed by atoms with E-state index in [2.05, 4.69) is 195 Å². The van der Waals surface area contributed by atoms with Crippen molar-refractivity contribution in [2.75, 3.05) is 9.80 Å². The molecular formula is C48H38N2. The van der Waals surface area contributed by atoms with E-state index in [4.69, 9.17) is 0 Å². The van der Waals surface area contributed by atoms with Crippen LogP contribution in [-0.2, 0) is 0 Å². The third kappa shape index (κ3) is 5.04. The minimum Gasteiger partial charge on any atom is -0.310 e. The van der Waals surface area contributed by atoms with Crippen molar-refractivity contribution in [3.8, 4) is 22.3 Å². The van der Waals surface area contributed by atoms with Crippen molar-refractivity contribution in [2.24, 2.45) is 0 Å². The Morgan fingerprint density at radius 1 is 0.300 bits per heavy atom. The third-order valence-corrected chi connectivity index (χ3v) is 10.2. The zero-order valence-corrected chi connectivity index (χ0v) is 28.9. The Balaban J connectivity index is 1.12. The lowest BCUT2D eigenvalue weighted by atomic mass is 9.78. The Kier molecular flexibility index (Phi) is 7.07. The molecule has 1 aliphatic rings. The van der Waals surface area contributed by atoms with Crippen LogP contribution in [0.5, 0.6) is 0 Å². The van der Waals surface area contributed by atoms with Crippen LogP contribution in [0, 0.1) is 27.7 Å². The molecule has 0 saturated heterocycles. The van der Waals surface area contributed by atoms with Gasteiger partial charge in [-0.1, -0.05) is 72.8 Å². The number of hydrogen-bond acceptors (Lipinski definition) is 2. The van der Waals surface area contributed by atoms with Gasteiger partial charge in [0.25, 0.3) is 0 Å². The fourth-order valence-electron chi connectivity index (χ4n) is 7.69. The highest BCUT2D eigenvalue weighted by molar-refractivity contribution is 6.12. The van der Waals surface area contributed by atoms with E-state index < -0.39 is 0 Å². The molecule has 0 aromatic heterocycles. The normalized spacial score (nSPS) is 11.6. The molecule has 0 fully saturated rings. The molecule has 1 aliphatic carbocycles. The molecule has 0 amide bonds. The van der Waals surface area contributed by atoms with Gasteiger partial charge >= 0.3 is 0 Å². The van der Waals surface area contributed by atoms with Crippen LogP contribution in [0.4, 0.5) is 34.1 Å². The van der Waals surface area contributed by atoms with Crippen molar-refractivity contribution in [3.05, 3.63) is 180 Å². The number of para-hydroxylation sites is 2. The zero-order chi connectivity index (χ0) is 33.9. The lowest BCUT2D eigenvalue weighted by molar-refractivity contribution is 1.24. The van der Waals surface area contributed by atoms with Crippen molar-refractivity contribution >= 4 is 55.7 Å². The standard InChI is InChI=1S/C48H38N2/c1-31-11-9-15-39(23-31)49(47-17-7-5-13-33(47)3)41-21-19-35-27-43-45(29-37(35)25-41)44-28-36-20-22-42(26-38(36)30-46(43)44)50(40-16-10-12-32(2)24-40)48-18-8-6-14-34(48)4/h5-30H,1-4H3. The number of benzene rings is 8. The molecule has 0 N–H and O–H groups in total. The predicted molar refractivity (Wildman–Crippen MR) is 214 cm³/mol. The molecular weight excluding hydrogens is 605 g/mol. The van der Waals surface area contributed by atoms with Crippen molar-refractivity contribution in [3.63, 3.8) is 0 Å². The second-order valence-electron chi connectivity index (χ2n) is 13.8. The van der Waals surface area contributed by atoms with E-state index in [9.17, 15) is 0 Å². The highest BCUT2D eigenvalue weighted by atomic mass is 15.1. The SMILES string of the molecule is Cc1cccc(N(c2ccc3cc4c(cc3c2)-c2cc3ccc(N(c5cccc(C)c5)c5ccccc5C)cc3cc2-4)c2ccccc2C)c1. The number of fused-ring (bicyclic) bond motifs is 6. The minimum absolute atomic E-state index is 1.16. The van der Waals surface area contributed by atoms with Gasteiger partial charge < -0.3 is 9.80 Å². The quantitative estimate of drug-likeness (QED) is 0.178. The van der Waals surface area contributed by atoms with Gasteiger partial charge in [-0.15, -0.1) is 0 Å². The summed E-state index contributed by atoms with van der Waals surface area (Å²) < 4.78 is 0. The molecule has 9 rings (SSSR count). The second kappa shape index (κ2) is 11.8. The summed E-state index contributed by atoms with van der Waals surface area (Å²) in [5.74, 6) is 0. The topological polar surface area (TPSA) is 6.48 Å². The first-order valence-corrected chi connectivity index (χ1v) is 17.4. The monoisotopic (exact) mass is 642 g/mol. The predicted octanol–water partition coefficient (Wildman–Crippen LogP) is 13.8. The molecule has 0 aliphatic heterocycles. The Labute approximate surface area is 294 Å². The summed E-state index contributed by atoms with van der Waals surface area (Å²) in [4.78, 5) is 4.77. The Bertz CT molecular complexity index is 2420. The Hall–Kier alpha value is -6.12. The molecule has 0 heterocycles. The first kappa shape index (κ1) is 30.0. The summed E-state index contributed by atoms with van der Waals surface area (Å²) in [7, 11) is 0. The van der Waals surface area contributed by atoms with Gasteiger partial charge in [0, 0.05) is 34.1 Å². The average Bonchev–Trinajstić information content (AvgIpc) is 3.12. The van der Waals surface area contributed by atoms with Gasteiger partial charge in [0.2, 0.25) is 0 Å². The molecule has 8 aromatic carbocycles. The molecule has 240 valence electrons. The number of rotatable bonds is 6. The minimum atomic E-state index is 1.16. The fraction of sp³-hybridized carbons (Fsp3) is 0.0833. The van der Waals surface area contributed by atoms with Crippen molar-refractivity contribution in [2.45, 2.75) is 27.7 Å². The second-order valence-corrected chi connectivity index (χ2v) is 13.8. The maximum absolute atomic E-state index is 2.39. The molecule has 0 unspecified atom stereocenters. The van der Waals surface area contributed by atoms with Crippen LogP contribution in [0.25, 0.3) is 43.8 Å². The highest BCUT2D eigenvalue weighted by Gasteiger charge is 2.25. The number of anilines is 6. The number of hydrogen-bond donors (Lipinski definition) is 0. The molecule has 0 radical (unpaired) electrons. The van der Waals surface area contributed by atoms with Crippen molar-refractivity contribution in [1.29, 1.82) is 0 Å². The smallest absolute Gasteiger partial charge is 0.0490 e. The van der Waals surface area contributed by atoms with E-state index >= 15 is 0 Å². The van der Waals surface area contributed by atoms with Crippen LogP contribution in [0.15, 0.2) is 158 Å². The average molecular weight is 643 g/mol. The highest BCUT2D eigenvalue weighted by Crippen LogP contribution is 2.51. The molecule has 8 aromatic rings. The van der Waals surface area contributed by atoms with E-state index in [0.717, 1.165) is 11.4 Å². The summed E-state index contributed by atoms with van der Waals surface area (Å²) in [6.45, 7) is 8.70. The van der Waals surface area contributed by atoms with Gasteiger partial charge in [-0.3, -0.25) is 0 Å². The van der Waals surface area contributed by atoms with Crippen molar-refractivity contribution < 1.29 is 0 Å². The largest absolute Gasteiger partial charge is 0.310 e. The van der Waals surface area contributed by atoms with Crippen LogP contribution in [0.2, 0.25) is 0 Å². The van der Waals surface area contributed by atoms with Gasteiger partial charge in [-0.25, -0.2) is 0 Å². The molecule has 0 bridgehead atoms. The van der Waals surface area contributed by atoms with E-state index in [-0.39, 0.29) is 0 Å². The molecule has 2 nitrogen and oxygen atoms in total. The van der Waals surface area contributed by atoms with Gasteiger partial charge in [0.15, 0.2) is 0 Å². The van der Waals surface area contributed by atoms with Gasteiger partial charge in [-0.2, -0.15) is 0 Å². The lowest BCUT2D eigenvalue weighted by Gasteiger charge is -2.29. The molecule has 50 heavy (non-hydrogen) atoms. The van der Waals surface area contributed by atoms with Crippen LogP contribution in [0.3, 0.4) is 0 Å². The summed E-state index contributed by atoms with van der Waals surface area (Å²) in [6.07, 6.45) is 0. The van der Waals surface area contributed by atoms with Crippen LogP contribution >= 0.6 is 0 Å². The Morgan fingerprint density at radius 2 is 0.680 bits per heavy atom. The fourth-order valence-corrected chi connectivity index (χ4v) is 7.69. The summed E-state index contributed by atoms with van der Waals surface area (Å²) in [6, 6.07) is 58.2. The van der Waals surface area contributed by atoms with E-state index in [1.54, 1.807) is 0 Å². The van der Waals surface area contributed by atoms with E-state index in [1.807, 2.05) is 0 Å². The van der Waals surface area contributed by atoms with E-state index in [1.165, 1.54) is 88.8 Å². The number of nitrogens with zero attached hydrogens (tertiary/aromatic N) is 2. The van der Waals surface area contributed by atoms with Crippen LogP contribution in [0.1, 0.15) is 22.3 Å². The van der Waals surface area contributed by atoms with Gasteiger partial charge in [-0.05, 0) is 179 Å². The summed E-state index contributed by atoms with van der Waals surface area (Å²) in [5, 5.41) is 5.01. The lowest BCUT2D eigenvalue weighted by Crippen LogP contribution is -2.11. The first-order chi connectivity index (χ1) is 24.4. The maximum Gasteiger partial charge on any atom is 0.0490 e. The zero-order valence-electron chi connectivity index (χ0n) is 28.9. The summed E-state index contributed by atoms with van der Waals surface area (Å²) >= 11 is 0. The van der Waals surface area contributed by atoms with Crippen LogP contribution in [-0.4, -0.2) is 0 Å². The summed E-state index contributed by atoms with van der Waals surface area (Å²) in [5.41, 5.74) is 17.4. The van der Waals surface area contributed by atoms with Crippen molar-refractivity contribution in [1.82, 2.24) is 0 Å². The maximum atomic E-state index is 2.39. The third-order valence-electron chi connectivity index (χ3n) is 10.2. The molecule has 0 saturated carbocycles. The first-order valence-electron chi connectivity index (χ1n) is 17.4.